The molecule has 1 aromatic heterocycles. The lowest BCUT2D eigenvalue weighted by molar-refractivity contribution is -0.673. The Hall–Kier alpha value is -0.690. The minimum absolute atomic E-state index is 1.14. The number of benzene rings is 1. The molecule has 1 aliphatic rings. The first-order valence-electron chi connectivity index (χ1n) is 10.6. The normalized spacial score (nSPS) is 18.1. The summed E-state index contributed by atoms with van der Waals surface area (Å²) >= 11 is 8.44. The molecule has 3 rings (SSSR count). The maximum absolute atomic E-state index is 2.57. The van der Waals surface area contributed by atoms with Crippen molar-refractivity contribution < 1.29 is 4.57 Å². The average Bonchev–Trinajstić information content (AvgIpc) is 2.78. The molecule has 0 saturated carbocycles. The lowest BCUT2D eigenvalue weighted by Gasteiger charge is -2.25. The van der Waals surface area contributed by atoms with Crippen LogP contribution in [0.15, 0.2) is 48.7 Å². The van der Waals surface area contributed by atoms with E-state index < -0.39 is 0 Å². The molecule has 0 N–H and O–H groups in total. The zero-order chi connectivity index (χ0) is 20.9. The highest BCUT2D eigenvalue weighted by Crippen LogP contribution is 2.20. The van der Waals surface area contributed by atoms with E-state index in [1.165, 1.54) is 63.0 Å². The summed E-state index contributed by atoms with van der Waals surface area (Å²) in [7, 11) is 2.08. The Labute approximate surface area is 199 Å². The minimum atomic E-state index is 1.14. The molecular formula is C24H33N2S4+. The van der Waals surface area contributed by atoms with Gasteiger partial charge in [-0.15, -0.1) is 0 Å². The highest BCUT2D eigenvalue weighted by molar-refractivity contribution is 8.05. The van der Waals surface area contributed by atoms with Crippen molar-refractivity contribution in [2.45, 2.75) is 0 Å². The number of anilines is 1. The zero-order valence-electron chi connectivity index (χ0n) is 17.9. The van der Waals surface area contributed by atoms with Gasteiger partial charge in [0, 0.05) is 83.0 Å². The van der Waals surface area contributed by atoms with Gasteiger partial charge in [0.05, 0.1) is 0 Å². The molecule has 2 heterocycles. The van der Waals surface area contributed by atoms with Crippen LogP contribution < -0.4 is 9.47 Å². The number of nitrogens with zero attached hydrogens (tertiary/aromatic N) is 2. The SMILES string of the molecule is C[n+]1ccccc1/C=C/c1ccc(N2CCSCCSCCSCCSCC2)cc1. The molecular weight excluding hydrogens is 445 g/mol. The number of hydrogen-bond donors (Lipinski definition) is 0. The summed E-state index contributed by atoms with van der Waals surface area (Å²) in [5, 5.41) is 0. The van der Waals surface area contributed by atoms with Gasteiger partial charge in [-0.2, -0.15) is 47.0 Å². The highest BCUT2D eigenvalue weighted by Gasteiger charge is 2.07. The first kappa shape index (κ1) is 24.0. The number of pyridine rings is 1. The summed E-state index contributed by atoms with van der Waals surface area (Å²) in [6.07, 6.45) is 6.47. The Balaban J connectivity index is 1.58. The monoisotopic (exact) mass is 477 g/mol. The first-order chi connectivity index (χ1) is 14.8. The fourth-order valence-corrected chi connectivity index (χ4v) is 7.51. The lowest BCUT2D eigenvalue weighted by Crippen LogP contribution is -2.30. The van der Waals surface area contributed by atoms with Crippen LogP contribution in [0.5, 0.6) is 0 Å². The fourth-order valence-electron chi connectivity index (χ4n) is 3.17. The molecule has 0 radical (unpaired) electrons. The van der Waals surface area contributed by atoms with Crippen molar-refractivity contribution >= 4 is 64.9 Å². The van der Waals surface area contributed by atoms with Crippen LogP contribution in [-0.2, 0) is 7.05 Å². The van der Waals surface area contributed by atoms with E-state index in [4.69, 9.17) is 0 Å². The van der Waals surface area contributed by atoms with Gasteiger partial charge in [0.2, 0.25) is 5.69 Å². The van der Waals surface area contributed by atoms with Crippen LogP contribution in [0.25, 0.3) is 12.2 Å². The van der Waals surface area contributed by atoms with Crippen LogP contribution in [0.1, 0.15) is 11.3 Å². The Morgan fingerprint density at radius 3 is 1.83 bits per heavy atom. The summed E-state index contributed by atoms with van der Waals surface area (Å²) in [4.78, 5) is 2.57. The van der Waals surface area contributed by atoms with Gasteiger partial charge in [0.15, 0.2) is 6.20 Å². The molecule has 0 spiro atoms. The smallest absolute Gasteiger partial charge is 0.204 e. The van der Waals surface area contributed by atoms with Gasteiger partial charge in [-0.05, 0) is 29.8 Å². The molecule has 1 aromatic carbocycles. The third kappa shape index (κ3) is 8.81. The number of hydrogen-bond acceptors (Lipinski definition) is 5. The summed E-state index contributed by atoms with van der Waals surface area (Å²) in [6.45, 7) is 2.28. The number of aryl methyl sites for hydroxylation is 1. The molecule has 1 saturated heterocycles. The molecule has 0 unspecified atom stereocenters. The van der Waals surface area contributed by atoms with Gasteiger partial charge in [0.1, 0.15) is 7.05 Å². The Morgan fingerprint density at radius 2 is 1.27 bits per heavy atom. The molecule has 30 heavy (non-hydrogen) atoms. The van der Waals surface area contributed by atoms with Gasteiger partial charge in [-0.1, -0.05) is 12.1 Å². The summed E-state index contributed by atoms with van der Waals surface area (Å²) < 4.78 is 2.14. The maximum atomic E-state index is 2.57. The third-order valence-corrected chi connectivity index (χ3v) is 9.60. The maximum Gasteiger partial charge on any atom is 0.204 e. The fraction of sp³-hybridized carbons (Fsp3) is 0.458. The van der Waals surface area contributed by atoms with Crippen molar-refractivity contribution in [3.63, 3.8) is 0 Å². The van der Waals surface area contributed by atoms with Gasteiger partial charge in [-0.25, -0.2) is 4.57 Å². The number of thioether (sulfide) groups is 4. The Bertz CT molecular complexity index is 748. The van der Waals surface area contributed by atoms with Crippen LogP contribution in [-0.4, -0.2) is 59.1 Å². The van der Waals surface area contributed by atoms with E-state index >= 15 is 0 Å². The Morgan fingerprint density at radius 1 is 0.700 bits per heavy atom. The van der Waals surface area contributed by atoms with Crippen LogP contribution in [0.3, 0.4) is 0 Å². The summed E-state index contributed by atoms with van der Waals surface area (Å²) in [6, 6.07) is 15.4. The molecule has 0 bridgehead atoms. The molecule has 1 aliphatic heterocycles. The topological polar surface area (TPSA) is 7.12 Å². The molecule has 0 amide bonds. The predicted molar refractivity (Wildman–Crippen MR) is 145 cm³/mol. The van der Waals surface area contributed by atoms with Crippen LogP contribution in [0.4, 0.5) is 5.69 Å². The molecule has 2 nitrogen and oxygen atoms in total. The van der Waals surface area contributed by atoms with Crippen LogP contribution >= 0.6 is 47.0 Å². The van der Waals surface area contributed by atoms with E-state index in [2.05, 4.69) is 124 Å². The van der Waals surface area contributed by atoms with Crippen LogP contribution in [0, 0.1) is 0 Å². The quantitative estimate of drug-likeness (QED) is 0.542. The number of rotatable bonds is 3. The lowest BCUT2D eigenvalue weighted by atomic mass is 10.1. The molecule has 1 fully saturated rings. The highest BCUT2D eigenvalue weighted by atomic mass is 32.2. The minimum Gasteiger partial charge on any atom is -0.370 e. The third-order valence-electron chi connectivity index (χ3n) is 4.93. The zero-order valence-corrected chi connectivity index (χ0v) is 21.1. The van der Waals surface area contributed by atoms with E-state index in [0.29, 0.717) is 0 Å². The standard InChI is InChI=1S/C24H33N2S4/c1-25-11-3-2-4-23(25)8-5-22-6-9-24(10-7-22)26-12-14-27-16-18-29-20-21-30-19-17-28-15-13-26/h2-11H,12-21H2,1H3/q+1. The van der Waals surface area contributed by atoms with Gasteiger partial charge >= 0.3 is 0 Å². The number of aromatic nitrogens is 1. The summed E-state index contributed by atoms with van der Waals surface area (Å²) in [5.74, 6) is 10.2. The molecule has 0 aliphatic carbocycles. The van der Waals surface area contributed by atoms with E-state index in [9.17, 15) is 0 Å². The predicted octanol–water partition coefficient (Wildman–Crippen LogP) is 5.43. The van der Waals surface area contributed by atoms with Gasteiger partial charge in [0.25, 0.3) is 0 Å². The van der Waals surface area contributed by atoms with Crippen molar-refractivity contribution in [1.82, 2.24) is 0 Å². The van der Waals surface area contributed by atoms with Crippen molar-refractivity contribution in [3.8, 4) is 0 Å². The van der Waals surface area contributed by atoms with Gasteiger partial charge < -0.3 is 4.90 Å². The second-order valence-corrected chi connectivity index (χ2v) is 12.0. The second kappa shape index (κ2) is 14.4. The van der Waals surface area contributed by atoms with Crippen LogP contribution in [0.2, 0.25) is 0 Å². The van der Waals surface area contributed by atoms with Crippen molar-refractivity contribution in [1.29, 1.82) is 0 Å². The van der Waals surface area contributed by atoms with E-state index in [-0.39, 0.29) is 0 Å². The second-order valence-electron chi connectivity index (χ2n) is 7.10. The van der Waals surface area contributed by atoms with E-state index in [1.54, 1.807) is 0 Å². The molecule has 6 heteroatoms. The van der Waals surface area contributed by atoms with E-state index in [1.807, 2.05) is 0 Å². The molecule has 0 atom stereocenters. The van der Waals surface area contributed by atoms with Crippen molar-refractivity contribution in [3.05, 3.63) is 59.9 Å². The Kier molecular flexibility index (Phi) is 11.5. The first-order valence-corrected chi connectivity index (χ1v) is 15.2. The molecule has 162 valence electrons. The van der Waals surface area contributed by atoms with E-state index in [0.717, 1.165) is 13.1 Å². The summed E-state index contributed by atoms with van der Waals surface area (Å²) in [5.41, 5.74) is 3.81. The van der Waals surface area contributed by atoms with Crippen molar-refractivity contribution in [2.75, 3.05) is 64.0 Å². The van der Waals surface area contributed by atoms with Crippen molar-refractivity contribution in [2.24, 2.45) is 7.05 Å². The molecule has 2 aromatic rings. The largest absolute Gasteiger partial charge is 0.370 e. The average molecular weight is 478 g/mol. The van der Waals surface area contributed by atoms with Gasteiger partial charge in [-0.3, -0.25) is 0 Å².